The van der Waals surface area contributed by atoms with Gasteiger partial charge in [-0.25, -0.2) is 4.98 Å². The standard InChI is InChI=1S/C29H45N7O/c1-20-15-25(22(16-30)26(31-5)33-20)35-14-7-24-23(17-35)21(2)34-36(24)19-28-8-11-29(12-9-28,13-10-28)32-18-27(3,4)37-6/h15-16,30,32H,7-14,17-19H2,1-6H3,(H,31,33)/p+1. The molecule has 0 amide bonds. The zero-order valence-corrected chi connectivity index (χ0v) is 23.7. The molecule has 0 spiro atoms. The van der Waals surface area contributed by atoms with E-state index in [0.717, 1.165) is 61.1 Å². The molecule has 3 fully saturated rings. The van der Waals surface area contributed by atoms with Gasteiger partial charge in [0, 0.05) is 68.4 Å². The average molecular weight is 509 g/mol. The number of rotatable bonds is 9. The van der Waals surface area contributed by atoms with Gasteiger partial charge in [0.1, 0.15) is 0 Å². The number of hydrogen-bond donors (Lipinski definition) is 3. The van der Waals surface area contributed by atoms with Crippen LogP contribution in [0.4, 0.5) is 11.5 Å². The van der Waals surface area contributed by atoms with Crippen LogP contribution in [0.5, 0.6) is 0 Å². The van der Waals surface area contributed by atoms with Crippen LogP contribution in [-0.2, 0) is 24.2 Å². The number of aryl methyl sites for hydroxylation is 2. The quantitative estimate of drug-likeness (QED) is 0.451. The molecule has 0 aromatic carbocycles. The topological polar surface area (TPSA) is 95.7 Å². The molecule has 202 valence electrons. The normalized spacial score (nSPS) is 25.4. The van der Waals surface area contributed by atoms with Crippen molar-refractivity contribution in [3.63, 3.8) is 0 Å². The highest BCUT2D eigenvalue weighted by atomic mass is 16.5. The lowest BCUT2D eigenvalue weighted by atomic mass is 9.57. The van der Waals surface area contributed by atoms with Gasteiger partial charge in [0.25, 0.3) is 0 Å². The van der Waals surface area contributed by atoms with Crippen molar-refractivity contribution in [2.75, 3.05) is 32.1 Å². The third-order valence-electron chi connectivity index (χ3n) is 9.62. The lowest BCUT2D eigenvalue weighted by Crippen LogP contribution is -2.74. The minimum Gasteiger partial charge on any atom is -0.377 e. The van der Waals surface area contributed by atoms with E-state index in [1.54, 1.807) is 0 Å². The second-order valence-electron chi connectivity index (χ2n) is 12.5. The zero-order valence-electron chi connectivity index (χ0n) is 23.7. The minimum atomic E-state index is -0.120. The molecule has 1 aliphatic heterocycles. The van der Waals surface area contributed by atoms with E-state index in [4.69, 9.17) is 15.2 Å². The fourth-order valence-electron chi connectivity index (χ4n) is 6.87. The van der Waals surface area contributed by atoms with E-state index < -0.39 is 0 Å². The summed E-state index contributed by atoms with van der Waals surface area (Å²) in [6, 6.07) is 2.13. The van der Waals surface area contributed by atoms with Crippen LogP contribution in [0.1, 0.15) is 80.6 Å². The molecule has 8 heteroatoms. The van der Waals surface area contributed by atoms with Crippen molar-refractivity contribution in [3.8, 4) is 0 Å². The number of nitrogens with two attached hydrogens (primary N) is 1. The maximum absolute atomic E-state index is 8.04. The molecule has 3 saturated carbocycles. The Morgan fingerprint density at radius 2 is 1.89 bits per heavy atom. The molecule has 6 rings (SSSR count). The van der Waals surface area contributed by atoms with Gasteiger partial charge in [-0.1, -0.05) is 0 Å². The molecule has 0 radical (unpaired) electrons. The summed E-state index contributed by atoms with van der Waals surface area (Å²) in [4.78, 5) is 7.06. The van der Waals surface area contributed by atoms with Crippen LogP contribution in [-0.4, -0.2) is 59.4 Å². The Balaban J connectivity index is 1.30. The number of methoxy groups -OCH3 is 1. The van der Waals surface area contributed by atoms with E-state index >= 15 is 0 Å². The van der Waals surface area contributed by atoms with E-state index in [9.17, 15) is 0 Å². The van der Waals surface area contributed by atoms with Crippen molar-refractivity contribution >= 4 is 17.7 Å². The lowest BCUT2D eigenvalue weighted by Gasteiger charge is -2.54. The number of pyridine rings is 1. The van der Waals surface area contributed by atoms with Crippen molar-refractivity contribution in [2.24, 2.45) is 5.41 Å². The molecular weight excluding hydrogens is 462 g/mol. The third kappa shape index (κ3) is 4.95. The monoisotopic (exact) mass is 508 g/mol. The molecule has 0 saturated heterocycles. The highest BCUT2D eigenvalue weighted by Gasteiger charge is 2.49. The first-order chi connectivity index (χ1) is 17.6. The number of nitrogens with one attached hydrogen (secondary N) is 2. The van der Waals surface area contributed by atoms with Crippen molar-refractivity contribution in [2.45, 2.75) is 96.9 Å². The highest BCUT2D eigenvalue weighted by Crippen LogP contribution is 2.53. The largest absolute Gasteiger partial charge is 0.377 e. The summed E-state index contributed by atoms with van der Waals surface area (Å²) in [5, 5.41) is 19.1. The van der Waals surface area contributed by atoms with Crippen LogP contribution < -0.4 is 15.5 Å². The molecule has 3 aliphatic carbocycles. The second kappa shape index (κ2) is 9.79. The van der Waals surface area contributed by atoms with Gasteiger partial charge in [0.05, 0.1) is 29.6 Å². The summed E-state index contributed by atoms with van der Waals surface area (Å²) in [5.41, 5.74) is 7.54. The summed E-state index contributed by atoms with van der Waals surface area (Å²) in [7, 11) is 3.81. The summed E-state index contributed by atoms with van der Waals surface area (Å²) in [6.45, 7) is 12.3. The van der Waals surface area contributed by atoms with Gasteiger partial charge in [-0.05, 0) is 77.7 Å². The predicted octanol–water partition coefficient (Wildman–Crippen LogP) is 3.39. The third-order valence-corrected chi connectivity index (χ3v) is 9.62. The van der Waals surface area contributed by atoms with Gasteiger partial charge in [-0.15, -0.1) is 0 Å². The Hall–Kier alpha value is -2.29. The smallest absolute Gasteiger partial charge is 0.235 e. The Morgan fingerprint density at radius 3 is 2.51 bits per heavy atom. The van der Waals surface area contributed by atoms with Crippen LogP contribution in [0.3, 0.4) is 0 Å². The number of ether oxygens (including phenoxy) is 1. The number of quaternary nitrogens is 1. The summed E-state index contributed by atoms with van der Waals surface area (Å²) >= 11 is 0. The van der Waals surface area contributed by atoms with Gasteiger partial charge in [-0.2, -0.15) is 5.10 Å². The molecule has 0 unspecified atom stereocenters. The van der Waals surface area contributed by atoms with Crippen LogP contribution in [0, 0.1) is 24.7 Å². The number of hydrogen-bond acceptors (Lipinski definition) is 6. The highest BCUT2D eigenvalue weighted by molar-refractivity contribution is 5.90. The Labute approximate surface area is 222 Å². The summed E-state index contributed by atoms with van der Waals surface area (Å²) in [5.74, 6) is 0.897. The van der Waals surface area contributed by atoms with Gasteiger partial charge in [-0.3, -0.25) is 10.00 Å². The van der Waals surface area contributed by atoms with E-state index in [-0.39, 0.29) is 5.60 Å². The maximum atomic E-state index is 8.04. The van der Waals surface area contributed by atoms with Crippen molar-refractivity contribution in [1.82, 2.24) is 20.1 Å². The maximum Gasteiger partial charge on any atom is 0.235 e. The number of fused-ring (bicyclic) bond motifs is 4. The van der Waals surface area contributed by atoms with Gasteiger partial charge < -0.3 is 20.4 Å². The Bertz CT molecular complexity index is 1140. The van der Waals surface area contributed by atoms with E-state index in [2.05, 4.69) is 46.7 Å². The molecule has 2 bridgehead atoms. The van der Waals surface area contributed by atoms with E-state index in [1.807, 2.05) is 26.4 Å². The lowest BCUT2D eigenvalue weighted by molar-refractivity contribution is -0.543. The molecule has 2 aromatic heterocycles. The summed E-state index contributed by atoms with van der Waals surface area (Å²) in [6.07, 6.45) is 10.1. The molecule has 8 nitrogen and oxygen atoms in total. The molecule has 37 heavy (non-hydrogen) atoms. The number of aromatic nitrogens is 3. The van der Waals surface area contributed by atoms with Crippen molar-refractivity contribution < 1.29 is 10.1 Å². The van der Waals surface area contributed by atoms with Gasteiger partial charge >= 0.3 is 0 Å². The first-order valence-corrected chi connectivity index (χ1v) is 14.0. The Kier molecular flexibility index (Phi) is 6.96. The van der Waals surface area contributed by atoms with E-state index in [1.165, 1.54) is 56.0 Å². The number of nitrogens with zero attached hydrogens (tertiary/aromatic N) is 4. The van der Waals surface area contributed by atoms with Crippen LogP contribution in [0.25, 0.3) is 0 Å². The predicted molar refractivity (Wildman–Crippen MR) is 148 cm³/mol. The van der Waals surface area contributed by atoms with Crippen molar-refractivity contribution in [1.29, 1.82) is 5.41 Å². The second-order valence-corrected chi connectivity index (χ2v) is 12.5. The molecule has 2 aromatic rings. The van der Waals surface area contributed by atoms with Gasteiger partial charge in [0.2, 0.25) is 5.82 Å². The molecular formula is C29H46N7O+. The fraction of sp³-hybridized carbons (Fsp3) is 0.690. The van der Waals surface area contributed by atoms with Crippen LogP contribution >= 0.6 is 0 Å². The Morgan fingerprint density at radius 1 is 1.19 bits per heavy atom. The molecule has 4 aliphatic rings. The van der Waals surface area contributed by atoms with Crippen LogP contribution in [0.2, 0.25) is 0 Å². The number of anilines is 1. The molecule has 3 heterocycles. The first kappa shape index (κ1) is 26.3. The zero-order chi connectivity index (χ0) is 26.4. The minimum absolute atomic E-state index is 0.120. The van der Waals surface area contributed by atoms with E-state index in [0.29, 0.717) is 11.0 Å². The molecule has 4 N–H and O–H groups in total. The average Bonchev–Trinajstić information content (AvgIpc) is 3.22. The molecule has 0 atom stereocenters. The summed E-state index contributed by atoms with van der Waals surface area (Å²) < 4.78 is 8.04. The van der Waals surface area contributed by atoms with Crippen LogP contribution in [0.15, 0.2) is 6.07 Å². The van der Waals surface area contributed by atoms with Crippen molar-refractivity contribution in [3.05, 3.63) is 34.3 Å². The van der Waals surface area contributed by atoms with Gasteiger partial charge in [0.15, 0.2) is 0 Å². The SMILES string of the molecule is C[NH2+]c1nc(C)cc(N2CCc3c(c(C)nn3CC34CCC(NCC(C)(C)OC)(CC3)CC4)C2)c1C=N. The fourth-order valence-corrected chi connectivity index (χ4v) is 6.87. The first-order valence-electron chi connectivity index (χ1n) is 14.0.